The predicted molar refractivity (Wildman–Crippen MR) is 199 cm³/mol. The van der Waals surface area contributed by atoms with Gasteiger partial charge in [0.15, 0.2) is 0 Å². The van der Waals surface area contributed by atoms with Gasteiger partial charge in [-0.05, 0) is 83.8 Å². The SMILES string of the molecule is O=C(NCC(=O)N1CCC(c2cccc(C(O)(C(=O)O)c3ccccc3)c2)CC1)c1ccc(CCNCC(O)c2ccc(O)c3[nH]c(=O)ccc23)cc1. The Balaban J connectivity index is 0.941. The summed E-state index contributed by atoms with van der Waals surface area (Å²) in [5, 5.41) is 48.6. The first-order valence-corrected chi connectivity index (χ1v) is 17.5. The smallest absolute Gasteiger partial charge is 0.345 e. The van der Waals surface area contributed by atoms with Crippen molar-refractivity contribution in [3.8, 4) is 5.75 Å². The molecule has 53 heavy (non-hydrogen) atoms. The van der Waals surface area contributed by atoms with Gasteiger partial charge in [0, 0.05) is 36.7 Å². The lowest BCUT2D eigenvalue weighted by Gasteiger charge is -2.33. The van der Waals surface area contributed by atoms with Crippen molar-refractivity contribution in [1.29, 1.82) is 0 Å². The number of piperidine rings is 1. The minimum absolute atomic E-state index is 0.0673. The van der Waals surface area contributed by atoms with Crippen molar-refractivity contribution in [3.63, 3.8) is 0 Å². The number of rotatable bonds is 13. The molecule has 0 spiro atoms. The number of aliphatic carboxylic acids is 1. The van der Waals surface area contributed by atoms with Crippen molar-refractivity contribution in [2.45, 2.75) is 36.9 Å². The van der Waals surface area contributed by atoms with Gasteiger partial charge in [0.05, 0.1) is 18.2 Å². The average molecular weight is 719 g/mol. The molecule has 2 atom stereocenters. The summed E-state index contributed by atoms with van der Waals surface area (Å²) in [7, 11) is 0. The number of nitrogens with zero attached hydrogens (tertiary/aromatic N) is 1. The number of hydrogen-bond acceptors (Lipinski definition) is 8. The molecule has 1 aromatic heterocycles. The number of nitrogens with one attached hydrogen (secondary N) is 3. The Bertz CT molecular complexity index is 2150. The van der Waals surface area contributed by atoms with Gasteiger partial charge in [-0.3, -0.25) is 14.4 Å². The van der Waals surface area contributed by atoms with Crippen molar-refractivity contribution < 1.29 is 34.8 Å². The van der Waals surface area contributed by atoms with Gasteiger partial charge in [0.25, 0.3) is 5.91 Å². The molecule has 274 valence electrons. The molecule has 2 unspecified atom stereocenters. The number of likely N-dealkylation sites (tertiary alicyclic amines) is 1. The number of aromatic amines is 1. The number of hydrogen-bond donors (Lipinski definition) is 7. The van der Waals surface area contributed by atoms with Crippen LogP contribution < -0.4 is 16.2 Å². The van der Waals surface area contributed by atoms with Crippen molar-refractivity contribution >= 4 is 28.7 Å². The van der Waals surface area contributed by atoms with E-state index in [9.17, 15) is 39.6 Å². The van der Waals surface area contributed by atoms with E-state index < -0.39 is 17.7 Å². The average Bonchev–Trinajstić information content (AvgIpc) is 3.19. The Morgan fingerprint density at radius 2 is 1.60 bits per heavy atom. The molecular weight excluding hydrogens is 676 g/mol. The molecule has 12 heteroatoms. The first-order valence-electron chi connectivity index (χ1n) is 17.5. The summed E-state index contributed by atoms with van der Waals surface area (Å²) in [6, 6.07) is 28.4. The maximum Gasteiger partial charge on any atom is 0.345 e. The number of amides is 2. The summed E-state index contributed by atoms with van der Waals surface area (Å²) in [6.45, 7) is 1.64. The second kappa shape index (κ2) is 16.2. The highest BCUT2D eigenvalue weighted by atomic mass is 16.4. The molecule has 4 aromatic carbocycles. The van der Waals surface area contributed by atoms with Gasteiger partial charge >= 0.3 is 5.97 Å². The normalized spacial score (nSPS) is 15.1. The van der Waals surface area contributed by atoms with E-state index in [4.69, 9.17) is 0 Å². The van der Waals surface area contributed by atoms with Gasteiger partial charge in [-0.15, -0.1) is 0 Å². The molecular formula is C41H42N4O8. The van der Waals surface area contributed by atoms with Gasteiger partial charge in [0.1, 0.15) is 5.75 Å². The minimum atomic E-state index is -2.19. The summed E-state index contributed by atoms with van der Waals surface area (Å²) in [6.07, 6.45) is 1.09. The van der Waals surface area contributed by atoms with Crippen molar-refractivity contribution in [2.24, 2.45) is 0 Å². The van der Waals surface area contributed by atoms with Gasteiger partial charge in [-0.2, -0.15) is 0 Å². The van der Waals surface area contributed by atoms with Crippen LogP contribution in [-0.2, 0) is 21.6 Å². The van der Waals surface area contributed by atoms with E-state index in [1.165, 1.54) is 12.1 Å². The number of pyridine rings is 1. The fraction of sp³-hybridized carbons (Fsp3) is 0.268. The molecule has 2 amide bonds. The Labute approximate surface area is 305 Å². The van der Waals surface area contributed by atoms with Crippen LogP contribution in [0.4, 0.5) is 0 Å². The summed E-state index contributed by atoms with van der Waals surface area (Å²) >= 11 is 0. The molecule has 1 aliphatic rings. The van der Waals surface area contributed by atoms with Crippen LogP contribution in [0.3, 0.4) is 0 Å². The van der Waals surface area contributed by atoms with Gasteiger partial charge in [0.2, 0.25) is 17.1 Å². The van der Waals surface area contributed by atoms with Crippen molar-refractivity contribution in [2.75, 3.05) is 32.7 Å². The number of fused-ring (bicyclic) bond motifs is 1. The van der Waals surface area contributed by atoms with Crippen molar-refractivity contribution in [3.05, 3.63) is 147 Å². The van der Waals surface area contributed by atoms with E-state index in [-0.39, 0.29) is 58.8 Å². The van der Waals surface area contributed by atoms with E-state index >= 15 is 0 Å². The molecule has 0 bridgehead atoms. The molecule has 0 radical (unpaired) electrons. The lowest BCUT2D eigenvalue weighted by atomic mass is 9.82. The van der Waals surface area contributed by atoms with Crippen molar-refractivity contribution in [1.82, 2.24) is 20.5 Å². The van der Waals surface area contributed by atoms with Crippen LogP contribution in [0, 0.1) is 0 Å². The zero-order valence-electron chi connectivity index (χ0n) is 29.0. The number of benzene rings is 4. The minimum Gasteiger partial charge on any atom is -0.506 e. The molecule has 6 rings (SSSR count). The largest absolute Gasteiger partial charge is 0.506 e. The molecule has 1 saturated heterocycles. The monoisotopic (exact) mass is 718 g/mol. The summed E-state index contributed by atoms with van der Waals surface area (Å²) < 4.78 is 0. The number of carboxylic acid groups (broad SMARTS) is 1. The molecule has 0 aliphatic carbocycles. The van der Waals surface area contributed by atoms with E-state index in [1.807, 2.05) is 18.2 Å². The quantitative estimate of drug-likeness (QED) is 0.0893. The molecule has 1 aliphatic heterocycles. The third kappa shape index (κ3) is 8.30. The molecule has 0 saturated carbocycles. The number of phenols is 1. The van der Waals surface area contributed by atoms with Crippen LogP contribution in [-0.4, -0.2) is 80.8 Å². The number of phenolic OH excluding ortho intramolecular Hbond substituents is 1. The molecule has 1 fully saturated rings. The highest BCUT2D eigenvalue weighted by Gasteiger charge is 2.40. The number of aliphatic hydroxyl groups is 2. The second-order valence-corrected chi connectivity index (χ2v) is 13.3. The number of aliphatic hydroxyl groups excluding tert-OH is 1. The number of aromatic nitrogens is 1. The number of aromatic hydroxyl groups is 1. The third-order valence-corrected chi connectivity index (χ3v) is 9.93. The molecule has 2 heterocycles. The molecule has 12 nitrogen and oxygen atoms in total. The maximum atomic E-state index is 13.0. The van der Waals surface area contributed by atoms with Crippen LogP contribution in [0.1, 0.15) is 63.0 Å². The fourth-order valence-electron chi connectivity index (χ4n) is 6.90. The van der Waals surface area contributed by atoms with Crippen LogP contribution in [0.15, 0.2) is 108 Å². The van der Waals surface area contributed by atoms with Gasteiger partial charge < -0.3 is 40.9 Å². The van der Waals surface area contributed by atoms with E-state index in [2.05, 4.69) is 15.6 Å². The first kappa shape index (κ1) is 37.0. The number of carbonyl (C=O) groups excluding carboxylic acids is 2. The Morgan fingerprint density at radius 1 is 0.887 bits per heavy atom. The Morgan fingerprint density at radius 3 is 2.32 bits per heavy atom. The summed E-state index contributed by atoms with van der Waals surface area (Å²) in [5.41, 5.74) is 1.18. The molecule has 7 N–H and O–H groups in total. The fourth-order valence-corrected chi connectivity index (χ4v) is 6.90. The zero-order valence-corrected chi connectivity index (χ0v) is 29.0. The summed E-state index contributed by atoms with van der Waals surface area (Å²) in [5.74, 6) is -1.89. The van der Waals surface area contributed by atoms with E-state index in [0.29, 0.717) is 55.4 Å². The second-order valence-electron chi connectivity index (χ2n) is 13.3. The number of carbonyl (C=O) groups is 3. The number of carboxylic acids is 1. The predicted octanol–water partition coefficient (Wildman–Crippen LogP) is 3.56. The highest BCUT2D eigenvalue weighted by molar-refractivity contribution is 5.96. The standard InChI is InChI=1S/C41H42N4O8/c46-34-15-13-32(33-14-16-36(48)44-38(33)34)35(47)24-42-20-17-26-9-11-28(12-10-26)39(50)43-25-37(49)45-21-18-27(19-22-45)29-5-4-8-31(23-29)41(53,40(51)52)30-6-2-1-3-7-30/h1-16,23,27,35,42,46-47,53H,17-22,24-25H2,(H,43,50)(H,44,48)(H,51,52). The van der Waals surface area contributed by atoms with Gasteiger partial charge in [-0.1, -0.05) is 72.8 Å². The Kier molecular flexibility index (Phi) is 11.3. The van der Waals surface area contributed by atoms with Crippen LogP contribution in [0.25, 0.3) is 10.9 Å². The third-order valence-electron chi connectivity index (χ3n) is 9.93. The lowest BCUT2D eigenvalue weighted by Crippen LogP contribution is -2.43. The molecule has 5 aromatic rings. The highest BCUT2D eigenvalue weighted by Crippen LogP contribution is 2.35. The maximum absolute atomic E-state index is 13.0. The first-order chi connectivity index (χ1) is 25.5. The van der Waals surface area contributed by atoms with Crippen LogP contribution in [0.2, 0.25) is 0 Å². The number of H-pyrrole nitrogens is 1. The topological polar surface area (TPSA) is 192 Å². The van der Waals surface area contributed by atoms with E-state index in [0.717, 1.165) is 11.1 Å². The van der Waals surface area contributed by atoms with E-state index in [1.54, 1.807) is 77.7 Å². The Hall–Kier alpha value is -5.82. The van der Waals surface area contributed by atoms with Crippen LogP contribution >= 0.6 is 0 Å². The summed E-state index contributed by atoms with van der Waals surface area (Å²) in [4.78, 5) is 54.0. The lowest BCUT2D eigenvalue weighted by molar-refractivity contribution is -0.155. The van der Waals surface area contributed by atoms with Gasteiger partial charge in [-0.25, -0.2) is 4.79 Å². The van der Waals surface area contributed by atoms with Crippen LogP contribution in [0.5, 0.6) is 5.75 Å². The zero-order chi connectivity index (χ0) is 37.5.